The second-order valence-corrected chi connectivity index (χ2v) is 2.60. The molecular weight excluding hydrogens is 150 g/mol. The highest BCUT2D eigenvalue weighted by molar-refractivity contribution is 5.97. The van der Waals surface area contributed by atoms with Crippen molar-refractivity contribution in [3.63, 3.8) is 0 Å². The number of nitrogens with two attached hydrogens (primary N) is 1. The number of nitrogens with zero attached hydrogens (tertiary/aromatic N) is 1. The first-order valence-corrected chi connectivity index (χ1v) is 3.66. The molecule has 0 saturated heterocycles. The first-order chi connectivity index (χ1) is 5.83. The summed E-state index contributed by atoms with van der Waals surface area (Å²) in [6, 6.07) is 0. The van der Waals surface area contributed by atoms with Crippen molar-refractivity contribution in [1.29, 1.82) is 0 Å². The zero-order valence-corrected chi connectivity index (χ0v) is 6.54. The van der Waals surface area contributed by atoms with Crippen LogP contribution in [0.5, 0.6) is 0 Å². The molecule has 0 aliphatic carbocycles. The van der Waals surface area contributed by atoms with Crippen LogP contribution in [0.15, 0.2) is 25.2 Å². The lowest BCUT2D eigenvalue weighted by atomic mass is 10.2. The molecule has 0 fully saturated rings. The maximum atomic E-state index is 5.75. The number of nitrogens with one attached hydrogen (secondary N) is 1. The van der Waals surface area contributed by atoms with Gasteiger partial charge in [-0.3, -0.25) is 4.98 Å². The summed E-state index contributed by atoms with van der Waals surface area (Å²) in [7, 11) is 0. The summed E-state index contributed by atoms with van der Waals surface area (Å²) >= 11 is 0. The van der Waals surface area contributed by atoms with Crippen molar-refractivity contribution in [1.82, 2.24) is 9.97 Å². The fourth-order valence-corrected chi connectivity index (χ4v) is 1.29. The van der Waals surface area contributed by atoms with Gasteiger partial charge in [-0.2, -0.15) is 0 Å². The number of anilines is 1. The molecule has 0 aliphatic rings. The lowest BCUT2D eigenvalue weighted by molar-refractivity contribution is 1.33. The SMILES string of the molecule is C=Cc1cncc2[nH]cc(N)c12. The van der Waals surface area contributed by atoms with Crippen molar-refractivity contribution in [2.45, 2.75) is 0 Å². The summed E-state index contributed by atoms with van der Waals surface area (Å²) in [6.45, 7) is 3.69. The Morgan fingerprint density at radius 3 is 3.08 bits per heavy atom. The molecule has 60 valence electrons. The van der Waals surface area contributed by atoms with Gasteiger partial charge in [0.25, 0.3) is 0 Å². The smallest absolute Gasteiger partial charge is 0.0667 e. The Morgan fingerprint density at radius 2 is 2.33 bits per heavy atom. The molecule has 0 saturated carbocycles. The van der Waals surface area contributed by atoms with Gasteiger partial charge in [0.15, 0.2) is 0 Å². The van der Waals surface area contributed by atoms with Crippen LogP contribution in [0.1, 0.15) is 5.56 Å². The van der Waals surface area contributed by atoms with E-state index in [4.69, 9.17) is 5.73 Å². The van der Waals surface area contributed by atoms with Crippen LogP contribution in [-0.4, -0.2) is 9.97 Å². The topological polar surface area (TPSA) is 54.7 Å². The summed E-state index contributed by atoms with van der Waals surface area (Å²) in [5.74, 6) is 0. The van der Waals surface area contributed by atoms with E-state index < -0.39 is 0 Å². The Hall–Kier alpha value is -1.77. The predicted molar refractivity (Wildman–Crippen MR) is 50.6 cm³/mol. The Labute approximate surface area is 69.9 Å². The van der Waals surface area contributed by atoms with E-state index in [9.17, 15) is 0 Å². The number of H-pyrrole nitrogens is 1. The van der Waals surface area contributed by atoms with E-state index in [0.29, 0.717) is 0 Å². The summed E-state index contributed by atoms with van der Waals surface area (Å²) in [4.78, 5) is 7.07. The molecule has 0 unspecified atom stereocenters. The summed E-state index contributed by atoms with van der Waals surface area (Å²) in [6.07, 6.45) is 7.01. The van der Waals surface area contributed by atoms with Crippen LogP contribution in [0.4, 0.5) is 5.69 Å². The lowest BCUT2D eigenvalue weighted by Crippen LogP contribution is -1.84. The highest BCUT2D eigenvalue weighted by Gasteiger charge is 2.02. The molecule has 0 spiro atoms. The van der Waals surface area contributed by atoms with E-state index in [1.807, 2.05) is 0 Å². The third-order valence-electron chi connectivity index (χ3n) is 1.87. The Balaban J connectivity index is 2.93. The van der Waals surface area contributed by atoms with Gasteiger partial charge in [0.2, 0.25) is 0 Å². The maximum Gasteiger partial charge on any atom is 0.0667 e. The van der Waals surface area contributed by atoms with Crippen LogP contribution in [0.2, 0.25) is 0 Å². The van der Waals surface area contributed by atoms with E-state index in [-0.39, 0.29) is 0 Å². The Kier molecular flexibility index (Phi) is 1.37. The number of pyridine rings is 1. The molecule has 2 heterocycles. The van der Waals surface area contributed by atoms with Crippen LogP contribution < -0.4 is 5.73 Å². The minimum Gasteiger partial charge on any atom is -0.397 e. The van der Waals surface area contributed by atoms with Gasteiger partial charge in [-0.25, -0.2) is 0 Å². The van der Waals surface area contributed by atoms with E-state index >= 15 is 0 Å². The zero-order valence-electron chi connectivity index (χ0n) is 6.54. The van der Waals surface area contributed by atoms with Crippen molar-refractivity contribution in [2.75, 3.05) is 5.73 Å². The predicted octanol–water partition coefficient (Wildman–Crippen LogP) is 1.79. The Morgan fingerprint density at radius 1 is 1.50 bits per heavy atom. The molecule has 0 aliphatic heterocycles. The number of rotatable bonds is 1. The first-order valence-electron chi connectivity index (χ1n) is 3.66. The van der Waals surface area contributed by atoms with Crippen LogP contribution in [0.3, 0.4) is 0 Å². The summed E-state index contributed by atoms with van der Waals surface area (Å²) in [5, 5.41) is 1.00. The standard InChI is InChI=1S/C9H9N3/c1-2-6-3-11-5-8-9(6)7(10)4-12-8/h2-5,12H,1,10H2. The van der Waals surface area contributed by atoms with Crippen LogP contribution in [0.25, 0.3) is 17.0 Å². The van der Waals surface area contributed by atoms with Gasteiger partial charge < -0.3 is 10.7 Å². The molecule has 3 N–H and O–H groups in total. The molecule has 0 radical (unpaired) electrons. The van der Waals surface area contributed by atoms with Gasteiger partial charge in [-0.15, -0.1) is 0 Å². The zero-order chi connectivity index (χ0) is 8.55. The van der Waals surface area contributed by atoms with Gasteiger partial charge in [0.05, 0.1) is 17.4 Å². The quantitative estimate of drug-likeness (QED) is 0.666. The summed E-state index contributed by atoms with van der Waals surface area (Å²) < 4.78 is 0. The van der Waals surface area contributed by atoms with Crippen LogP contribution in [0, 0.1) is 0 Å². The van der Waals surface area contributed by atoms with Crippen molar-refractivity contribution < 1.29 is 0 Å². The molecule has 2 aromatic rings. The first kappa shape index (κ1) is 6.91. The average molecular weight is 159 g/mol. The molecule has 3 nitrogen and oxygen atoms in total. The molecule has 0 aromatic carbocycles. The van der Waals surface area contributed by atoms with Gasteiger partial charge >= 0.3 is 0 Å². The average Bonchev–Trinajstić information content (AvgIpc) is 2.48. The summed E-state index contributed by atoms with van der Waals surface area (Å²) in [5.41, 5.74) is 8.40. The van der Waals surface area contributed by atoms with Gasteiger partial charge in [0, 0.05) is 23.3 Å². The highest BCUT2D eigenvalue weighted by Crippen LogP contribution is 2.23. The molecule has 2 rings (SSSR count). The minimum atomic E-state index is 0.738. The number of aromatic nitrogens is 2. The molecule has 0 atom stereocenters. The van der Waals surface area contributed by atoms with Crippen LogP contribution >= 0.6 is 0 Å². The third-order valence-corrected chi connectivity index (χ3v) is 1.87. The van der Waals surface area contributed by atoms with Gasteiger partial charge in [-0.05, 0) is 0 Å². The Bertz CT molecular complexity index is 428. The minimum absolute atomic E-state index is 0.738. The normalized spacial score (nSPS) is 10.3. The second kappa shape index (κ2) is 2.37. The highest BCUT2D eigenvalue weighted by atomic mass is 14.8. The molecule has 2 aromatic heterocycles. The largest absolute Gasteiger partial charge is 0.397 e. The molecule has 3 heteroatoms. The third kappa shape index (κ3) is 0.797. The van der Waals surface area contributed by atoms with E-state index in [1.54, 1.807) is 24.7 Å². The van der Waals surface area contributed by atoms with Gasteiger partial charge in [0.1, 0.15) is 0 Å². The number of hydrogen-bond acceptors (Lipinski definition) is 2. The number of aromatic amines is 1. The van der Waals surface area contributed by atoms with Crippen molar-refractivity contribution in [3.8, 4) is 0 Å². The van der Waals surface area contributed by atoms with Crippen molar-refractivity contribution in [2.24, 2.45) is 0 Å². The molecule has 12 heavy (non-hydrogen) atoms. The van der Waals surface area contributed by atoms with Gasteiger partial charge in [-0.1, -0.05) is 12.7 Å². The lowest BCUT2D eigenvalue weighted by Gasteiger charge is -1.95. The van der Waals surface area contributed by atoms with Crippen molar-refractivity contribution >= 4 is 22.7 Å². The monoisotopic (exact) mass is 159 g/mol. The van der Waals surface area contributed by atoms with Crippen LogP contribution in [-0.2, 0) is 0 Å². The number of fused-ring (bicyclic) bond motifs is 1. The second-order valence-electron chi connectivity index (χ2n) is 2.60. The molecule has 0 bridgehead atoms. The number of hydrogen-bond donors (Lipinski definition) is 2. The van der Waals surface area contributed by atoms with E-state index in [0.717, 1.165) is 22.2 Å². The number of nitrogen functional groups attached to an aromatic ring is 1. The maximum absolute atomic E-state index is 5.75. The molecule has 0 amide bonds. The fourth-order valence-electron chi connectivity index (χ4n) is 1.29. The van der Waals surface area contributed by atoms with E-state index in [2.05, 4.69) is 16.5 Å². The van der Waals surface area contributed by atoms with E-state index in [1.165, 1.54) is 0 Å². The van der Waals surface area contributed by atoms with Crippen molar-refractivity contribution in [3.05, 3.63) is 30.7 Å². The molecular formula is C9H9N3. The fraction of sp³-hybridized carbons (Fsp3) is 0.